The minimum absolute atomic E-state index is 0.0250. The number of phenols is 1. The molecule has 63 heavy (non-hydrogen) atoms. The largest absolute Gasteiger partial charge is 0.507 e. The van der Waals surface area contributed by atoms with Gasteiger partial charge in [-0.3, -0.25) is 9.55 Å². The molecule has 0 unspecified atom stereocenters. The van der Waals surface area contributed by atoms with Crippen LogP contribution in [0.4, 0.5) is 0 Å². The predicted octanol–water partition coefficient (Wildman–Crippen LogP) is 16.2. The SMILES string of the molecule is [2H]c1c([2H])c(C(C([2H])([2H])[2H])(C([2H])([2H])[2H])C([2H])([2H])[2H])c([2H])c([2H])c1-c1ccnc(-c2cc(-c3cccc4c3nc(-c3cc(C)cc(C)c3O)n4-c3ccc(-c4cc(C(C)C)cc(C([2H])(C)C)c4)cc3C([2H])([2H])[2H])cc(C(C)(C)C)c2)c1. The number of aromatic hydroxyl groups is 1. The molecule has 1 N–H and O–H groups in total. The summed E-state index contributed by atoms with van der Waals surface area (Å²) < 4.78 is 148. The standard InChI is InChI=1S/C59H63N3O/c1-35(2)43-28-44(36(3)4)30-45(29-43)41-19-22-53(38(6)27-41)62-54-16-14-15-50(55(54)61-57(62)51-26-37(5)25-39(7)56(51)63)46-31-47(33-49(32-46)59(11,12)13)52-34-42(23-24-60-52)40-17-20-48(21-18-40)58(8,9)10/h14-36,63H,1-13H3/i6D3,8D3,9D3,10D3,17D,18D,20D,21D,35D. The van der Waals surface area contributed by atoms with Crippen molar-refractivity contribution < 1.29 is 28.4 Å². The van der Waals surface area contributed by atoms with Gasteiger partial charge in [0.2, 0.25) is 0 Å². The highest BCUT2D eigenvalue weighted by molar-refractivity contribution is 5.97. The Kier molecular flexibility index (Phi) is 7.06. The third-order valence-electron chi connectivity index (χ3n) is 11.6. The molecule has 8 aromatic rings. The first kappa shape index (κ1) is 27.0. The summed E-state index contributed by atoms with van der Waals surface area (Å²) in [4.78, 5) is 9.98. The van der Waals surface area contributed by atoms with Crippen LogP contribution in [0.15, 0.2) is 127 Å². The molecule has 0 bridgehead atoms. The van der Waals surface area contributed by atoms with E-state index in [-0.39, 0.29) is 34.2 Å². The molecule has 0 aliphatic rings. The summed E-state index contributed by atoms with van der Waals surface area (Å²) >= 11 is 0. The number of aromatic nitrogens is 3. The molecule has 0 aliphatic heterocycles. The summed E-state index contributed by atoms with van der Waals surface area (Å²) in [5.74, 6) is -0.565. The molecule has 320 valence electrons. The number of phenolic OH excluding ortho intramolecular Hbond substituents is 1. The molecule has 0 saturated heterocycles. The fraction of sp³-hybridized carbons (Fsp3) is 0.288. The number of para-hydroxylation sites is 1. The van der Waals surface area contributed by atoms with Crippen molar-refractivity contribution in [2.24, 2.45) is 0 Å². The second kappa shape index (κ2) is 16.5. The van der Waals surface area contributed by atoms with Crippen LogP contribution in [-0.2, 0) is 10.8 Å². The molecule has 0 spiro atoms. The number of hydrogen-bond donors (Lipinski definition) is 1. The zero-order valence-electron chi connectivity index (χ0n) is 54.2. The number of rotatable bonds is 8. The van der Waals surface area contributed by atoms with Gasteiger partial charge in [0.15, 0.2) is 0 Å². The van der Waals surface area contributed by atoms with Gasteiger partial charge in [-0.05, 0) is 159 Å². The monoisotopic (exact) mass is 847 g/mol. The van der Waals surface area contributed by atoms with Crippen LogP contribution < -0.4 is 0 Å². The first-order valence-corrected chi connectivity index (χ1v) is 21.1. The van der Waals surface area contributed by atoms with Crippen LogP contribution in [0.1, 0.15) is 143 Å². The normalized spacial score (nSPS) is 17.1. The van der Waals surface area contributed by atoms with Gasteiger partial charge < -0.3 is 5.11 Å². The Hall–Kier alpha value is -6.26. The van der Waals surface area contributed by atoms with E-state index in [2.05, 4.69) is 18.8 Å². The maximum atomic E-state index is 11.8. The van der Waals surface area contributed by atoms with Gasteiger partial charge >= 0.3 is 0 Å². The Morgan fingerprint density at radius 1 is 0.651 bits per heavy atom. The van der Waals surface area contributed by atoms with Gasteiger partial charge in [-0.15, -0.1) is 0 Å². The number of nitrogens with zero attached hydrogens (tertiary/aromatic N) is 3. The highest BCUT2D eigenvalue weighted by Crippen LogP contribution is 2.42. The lowest BCUT2D eigenvalue weighted by atomic mass is 9.83. The second-order valence-corrected chi connectivity index (χ2v) is 18.1. The van der Waals surface area contributed by atoms with Crippen LogP contribution in [0.5, 0.6) is 5.75 Å². The first-order valence-electron chi connectivity index (χ1n) is 29.6. The molecule has 2 heterocycles. The number of aryl methyl sites for hydroxylation is 3. The van der Waals surface area contributed by atoms with E-state index in [1.54, 1.807) is 29.7 Å². The average molecular weight is 847 g/mol. The third kappa shape index (κ3) is 8.61. The molecule has 4 heteroatoms. The van der Waals surface area contributed by atoms with E-state index in [9.17, 15) is 5.11 Å². The quantitative estimate of drug-likeness (QED) is 0.166. The van der Waals surface area contributed by atoms with Gasteiger partial charge in [0.1, 0.15) is 11.6 Å². The van der Waals surface area contributed by atoms with Crippen LogP contribution in [0.3, 0.4) is 0 Å². The van der Waals surface area contributed by atoms with E-state index in [0.29, 0.717) is 55.8 Å². The Morgan fingerprint density at radius 3 is 2.08 bits per heavy atom. The molecule has 4 nitrogen and oxygen atoms in total. The molecule has 0 fully saturated rings. The van der Waals surface area contributed by atoms with Crippen molar-refractivity contribution >= 4 is 11.0 Å². The zero-order chi connectivity index (χ0) is 59.5. The summed E-state index contributed by atoms with van der Waals surface area (Å²) in [6, 6.07) is 25.2. The van der Waals surface area contributed by atoms with Gasteiger partial charge in [0, 0.05) is 35.1 Å². The van der Waals surface area contributed by atoms with Crippen molar-refractivity contribution in [1.82, 2.24) is 14.5 Å². The van der Waals surface area contributed by atoms with Crippen molar-refractivity contribution in [1.29, 1.82) is 0 Å². The molecule has 2 aromatic heterocycles. The lowest BCUT2D eigenvalue weighted by Gasteiger charge is -2.22. The predicted molar refractivity (Wildman–Crippen MR) is 267 cm³/mol. The van der Waals surface area contributed by atoms with E-state index in [4.69, 9.17) is 28.3 Å². The number of pyridine rings is 1. The lowest BCUT2D eigenvalue weighted by molar-refractivity contribution is 0.472. The van der Waals surface area contributed by atoms with Crippen molar-refractivity contribution in [3.63, 3.8) is 0 Å². The number of fused-ring (bicyclic) bond motifs is 1. The first-order chi connectivity index (χ1) is 36.7. The second-order valence-electron chi connectivity index (χ2n) is 18.1. The number of hydrogen-bond acceptors (Lipinski definition) is 3. The molecule has 0 radical (unpaired) electrons. The van der Waals surface area contributed by atoms with Gasteiger partial charge in [0.25, 0.3) is 0 Å². The van der Waals surface area contributed by atoms with E-state index < -0.39 is 73.9 Å². The van der Waals surface area contributed by atoms with Gasteiger partial charge in [-0.1, -0.05) is 142 Å². The number of benzene rings is 6. The minimum Gasteiger partial charge on any atom is -0.507 e. The fourth-order valence-electron chi connectivity index (χ4n) is 7.99. The van der Waals surface area contributed by atoms with Crippen molar-refractivity contribution in [2.45, 2.75) is 112 Å². The Bertz CT molecular complexity index is 3690. The molecule has 0 atom stereocenters. The molecule has 6 aromatic carbocycles. The van der Waals surface area contributed by atoms with Crippen molar-refractivity contribution in [3.05, 3.63) is 166 Å². The van der Waals surface area contributed by atoms with E-state index in [1.807, 2.05) is 108 Å². The Balaban J connectivity index is 1.37. The summed E-state index contributed by atoms with van der Waals surface area (Å²) in [7, 11) is 0. The zero-order valence-corrected chi connectivity index (χ0v) is 37.2. The van der Waals surface area contributed by atoms with Gasteiger partial charge in [-0.25, -0.2) is 4.98 Å². The summed E-state index contributed by atoms with van der Waals surface area (Å²) in [6.45, 7) is 3.35. The highest BCUT2D eigenvalue weighted by Gasteiger charge is 2.24. The highest BCUT2D eigenvalue weighted by atomic mass is 16.3. The third-order valence-corrected chi connectivity index (χ3v) is 11.6. The average Bonchev–Trinajstić information content (AvgIpc) is 3.83. The van der Waals surface area contributed by atoms with E-state index >= 15 is 0 Å². The van der Waals surface area contributed by atoms with E-state index in [0.717, 1.165) is 27.8 Å². The minimum atomic E-state index is -3.83. The fourth-order valence-corrected chi connectivity index (χ4v) is 7.99. The van der Waals surface area contributed by atoms with Crippen LogP contribution in [-0.4, -0.2) is 19.6 Å². The summed E-state index contributed by atoms with van der Waals surface area (Å²) in [5.41, 5.74) is 3.44. The topological polar surface area (TPSA) is 50.9 Å². The Morgan fingerprint density at radius 2 is 1.38 bits per heavy atom. The molecular formula is C59H63N3O. The summed E-state index contributed by atoms with van der Waals surface area (Å²) in [6.07, 6.45) is 1.39. The van der Waals surface area contributed by atoms with Crippen LogP contribution >= 0.6 is 0 Å². The number of imidazole rings is 1. The molecule has 8 rings (SSSR count). The van der Waals surface area contributed by atoms with Crippen molar-refractivity contribution in [3.8, 4) is 67.5 Å². The van der Waals surface area contributed by atoms with Gasteiger partial charge in [0.05, 0.1) is 33.5 Å². The van der Waals surface area contributed by atoms with Crippen molar-refractivity contribution in [2.75, 3.05) is 0 Å². The molecule has 0 aliphatic carbocycles. The van der Waals surface area contributed by atoms with Gasteiger partial charge in [-0.2, -0.15) is 0 Å². The van der Waals surface area contributed by atoms with Crippen LogP contribution in [0.25, 0.3) is 72.7 Å². The molecule has 0 saturated carbocycles. The lowest BCUT2D eigenvalue weighted by Crippen LogP contribution is -2.11. The molecule has 0 amide bonds. The maximum absolute atomic E-state index is 11.8. The van der Waals surface area contributed by atoms with Crippen LogP contribution in [0.2, 0.25) is 0 Å². The smallest absolute Gasteiger partial charge is 0.149 e. The summed E-state index contributed by atoms with van der Waals surface area (Å²) in [5, 5.41) is 11.8. The maximum Gasteiger partial charge on any atom is 0.149 e. The van der Waals surface area contributed by atoms with E-state index in [1.165, 1.54) is 18.3 Å². The van der Waals surface area contributed by atoms with Crippen LogP contribution in [0, 0.1) is 20.7 Å². The molecular weight excluding hydrogens is 767 g/mol. The Labute approximate surface area is 399 Å².